The molecule has 1 saturated carbocycles. The Kier molecular flexibility index (Phi) is 3.98. The summed E-state index contributed by atoms with van der Waals surface area (Å²) in [5, 5.41) is 6.42. The van der Waals surface area contributed by atoms with Crippen LogP contribution in [0.25, 0.3) is 5.95 Å². The molecule has 1 atom stereocenters. The zero-order valence-corrected chi connectivity index (χ0v) is 12.5. The van der Waals surface area contributed by atoms with Gasteiger partial charge in [-0.1, -0.05) is 19.8 Å². The third-order valence-corrected chi connectivity index (χ3v) is 3.72. The number of imidazole rings is 1. The summed E-state index contributed by atoms with van der Waals surface area (Å²) in [7, 11) is 1.80. The van der Waals surface area contributed by atoms with Gasteiger partial charge in [-0.15, -0.1) is 0 Å². The van der Waals surface area contributed by atoms with Gasteiger partial charge in [0.25, 0.3) is 0 Å². The van der Waals surface area contributed by atoms with Crippen molar-refractivity contribution in [2.75, 3.05) is 17.7 Å². The molecule has 112 valence electrons. The number of hydrogen-bond acceptors (Lipinski definition) is 6. The molecule has 1 unspecified atom stereocenters. The van der Waals surface area contributed by atoms with Gasteiger partial charge in [0.15, 0.2) is 0 Å². The highest BCUT2D eigenvalue weighted by Crippen LogP contribution is 2.34. The minimum Gasteiger partial charge on any atom is -0.357 e. The van der Waals surface area contributed by atoms with Crippen molar-refractivity contribution >= 4 is 11.9 Å². The molecule has 0 radical (unpaired) electrons. The summed E-state index contributed by atoms with van der Waals surface area (Å²) in [6, 6.07) is 0.417. The number of rotatable bonds is 7. The topological polar surface area (TPSA) is 80.5 Å². The van der Waals surface area contributed by atoms with Crippen LogP contribution in [-0.2, 0) is 0 Å². The van der Waals surface area contributed by atoms with Crippen LogP contribution in [0.5, 0.6) is 0 Å². The summed E-state index contributed by atoms with van der Waals surface area (Å²) in [5.74, 6) is 2.61. The van der Waals surface area contributed by atoms with Crippen molar-refractivity contribution in [2.45, 2.75) is 38.6 Å². The van der Waals surface area contributed by atoms with Gasteiger partial charge < -0.3 is 10.6 Å². The molecule has 1 aliphatic carbocycles. The molecule has 0 saturated heterocycles. The molecule has 0 spiro atoms. The van der Waals surface area contributed by atoms with E-state index in [0.29, 0.717) is 23.9 Å². The summed E-state index contributed by atoms with van der Waals surface area (Å²) in [6.07, 6.45) is 10.2. The lowest BCUT2D eigenvalue weighted by Crippen LogP contribution is -2.22. The Morgan fingerprint density at radius 2 is 2.10 bits per heavy atom. The fraction of sp³-hybridized carbons (Fsp3) is 0.571. The zero-order chi connectivity index (χ0) is 14.7. The molecule has 1 aliphatic rings. The van der Waals surface area contributed by atoms with Crippen molar-refractivity contribution in [1.82, 2.24) is 24.5 Å². The average molecular weight is 287 g/mol. The highest BCUT2D eigenvalue weighted by Gasteiger charge is 2.25. The van der Waals surface area contributed by atoms with Crippen LogP contribution in [0, 0.1) is 5.92 Å². The van der Waals surface area contributed by atoms with Crippen LogP contribution in [0.4, 0.5) is 11.9 Å². The van der Waals surface area contributed by atoms with Gasteiger partial charge in [-0.2, -0.15) is 15.0 Å². The van der Waals surface area contributed by atoms with Gasteiger partial charge in [0.2, 0.25) is 17.8 Å². The Labute approximate surface area is 124 Å². The minimum atomic E-state index is 0.417. The molecular weight excluding hydrogens is 266 g/mol. The first-order valence-corrected chi connectivity index (χ1v) is 7.47. The number of hydrogen-bond donors (Lipinski definition) is 2. The summed E-state index contributed by atoms with van der Waals surface area (Å²) in [5.41, 5.74) is 0. The van der Waals surface area contributed by atoms with Crippen LogP contribution in [0.2, 0.25) is 0 Å². The SMILES string of the molecule is CCC(CC1CC1)Nc1nc(NC)nc(-n2ccnc2)n1. The van der Waals surface area contributed by atoms with Crippen molar-refractivity contribution in [3.8, 4) is 5.95 Å². The summed E-state index contributed by atoms with van der Waals surface area (Å²) in [6.45, 7) is 2.19. The van der Waals surface area contributed by atoms with E-state index in [4.69, 9.17) is 0 Å². The molecule has 2 heterocycles. The number of aromatic nitrogens is 5. The van der Waals surface area contributed by atoms with Crippen molar-refractivity contribution in [2.24, 2.45) is 5.92 Å². The Hall–Kier alpha value is -2.18. The van der Waals surface area contributed by atoms with E-state index in [1.54, 1.807) is 24.1 Å². The molecule has 0 amide bonds. The second-order valence-corrected chi connectivity index (χ2v) is 5.43. The van der Waals surface area contributed by atoms with Gasteiger partial charge in [-0.3, -0.25) is 4.57 Å². The lowest BCUT2D eigenvalue weighted by Gasteiger charge is -2.17. The minimum absolute atomic E-state index is 0.417. The van der Waals surface area contributed by atoms with E-state index in [-0.39, 0.29) is 0 Å². The lowest BCUT2D eigenvalue weighted by molar-refractivity contribution is 0.582. The molecule has 2 aromatic heterocycles. The van der Waals surface area contributed by atoms with Gasteiger partial charge in [0.05, 0.1) is 0 Å². The summed E-state index contributed by atoms with van der Waals surface area (Å²) < 4.78 is 1.77. The van der Waals surface area contributed by atoms with Crippen LogP contribution in [0.3, 0.4) is 0 Å². The zero-order valence-electron chi connectivity index (χ0n) is 12.5. The Morgan fingerprint density at radius 3 is 2.71 bits per heavy atom. The molecular formula is C14H21N7. The van der Waals surface area contributed by atoms with Crippen LogP contribution in [0.15, 0.2) is 18.7 Å². The van der Waals surface area contributed by atoms with E-state index in [0.717, 1.165) is 12.3 Å². The standard InChI is InChI=1S/C14H21N7/c1-3-11(8-10-4-5-10)17-13-18-12(15-2)19-14(20-13)21-7-6-16-9-21/h6-7,9-11H,3-5,8H2,1-2H3,(H2,15,17,18,19,20). The fourth-order valence-electron chi connectivity index (χ4n) is 2.30. The number of nitrogens with zero attached hydrogens (tertiary/aromatic N) is 5. The third-order valence-electron chi connectivity index (χ3n) is 3.72. The van der Waals surface area contributed by atoms with Gasteiger partial charge >= 0.3 is 0 Å². The van der Waals surface area contributed by atoms with Gasteiger partial charge in [-0.05, 0) is 18.8 Å². The molecule has 2 N–H and O–H groups in total. The first-order chi connectivity index (χ1) is 10.3. The van der Waals surface area contributed by atoms with Crippen LogP contribution in [0.1, 0.15) is 32.6 Å². The van der Waals surface area contributed by atoms with Gasteiger partial charge in [0.1, 0.15) is 6.33 Å². The molecule has 21 heavy (non-hydrogen) atoms. The normalized spacial score (nSPS) is 15.7. The number of nitrogens with one attached hydrogen (secondary N) is 2. The van der Waals surface area contributed by atoms with E-state index in [1.165, 1.54) is 19.3 Å². The van der Waals surface area contributed by atoms with Gasteiger partial charge in [-0.25, -0.2) is 4.98 Å². The first-order valence-electron chi connectivity index (χ1n) is 7.47. The van der Waals surface area contributed by atoms with Crippen molar-refractivity contribution in [3.63, 3.8) is 0 Å². The quantitative estimate of drug-likeness (QED) is 0.811. The van der Waals surface area contributed by atoms with E-state index in [1.807, 2.05) is 6.20 Å². The Balaban J connectivity index is 1.81. The van der Waals surface area contributed by atoms with Crippen molar-refractivity contribution in [1.29, 1.82) is 0 Å². The second kappa shape index (κ2) is 6.07. The molecule has 2 aromatic rings. The van der Waals surface area contributed by atoms with Crippen molar-refractivity contribution in [3.05, 3.63) is 18.7 Å². The monoisotopic (exact) mass is 287 g/mol. The van der Waals surface area contributed by atoms with E-state index >= 15 is 0 Å². The maximum Gasteiger partial charge on any atom is 0.241 e. The molecule has 7 nitrogen and oxygen atoms in total. The highest BCUT2D eigenvalue weighted by atomic mass is 15.3. The average Bonchev–Trinajstić information content (AvgIpc) is 3.15. The molecule has 0 aromatic carbocycles. The van der Waals surface area contributed by atoms with Crippen LogP contribution < -0.4 is 10.6 Å². The molecule has 0 aliphatic heterocycles. The maximum absolute atomic E-state index is 4.49. The molecule has 1 fully saturated rings. The maximum atomic E-state index is 4.49. The molecule has 7 heteroatoms. The smallest absolute Gasteiger partial charge is 0.241 e. The van der Waals surface area contributed by atoms with Gasteiger partial charge in [0, 0.05) is 25.5 Å². The predicted octanol–water partition coefficient (Wildman–Crippen LogP) is 2.09. The van der Waals surface area contributed by atoms with E-state index in [2.05, 4.69) is 37.5 Å². The fourth-order valence-corrected chi connectivity index (χ4v) is 2.30. The number of anilines is 2. The van der Waals surface area contributed by atoms with Crippen LogP contribution >= 0.6 is 0 Å². The first kappa shape index (κ1) is 13.8. The molecule has 3 rings (SSSR count). The predicted molar refractivity (Wildman–Crippen MR) is 81.5 cm³/mol. The van der Waals surface area contributed by atoms with Crippen molar-refractivity contribution < 1.29 is 0 Å². The summed E-state index contributed by atoms with van der Waals surface area (Å²) in [4.78, 5) is 17.3. The highest BCUT2D eigenvalue weighted by molar-refractivity contribution is 5.38. The largest absolute Gasteiger partial charge is 0.357 e. The summed E-state index contributed by atoms with van der Waals surface area (Å²) >= 11 is 0. The Bertz CT molecular complexity index is 577. The Morgan fingerprint density at radius 1 is 1.29 bits per heavy atom. The van der Waals surface area contributed by atoms with Crippen LogP contribution in [-0.4, -0.2) is 37.6 Å². The van der Waals surface area contributed by atoms with E-state index < -0.39 is 0 Å². The third kappa shape index (κ3) is 3.48. The second-order valence-electron chi connectivity index (χ2n) is 5.43. The molecule has 0 bridgehead atoms. The van der Waals surface area contributed by atoms with E-state index in [9.17, 15) is 0 Å². The lowest BCUT2D eigenvalue weighted by atomic mass is 10.1.